The number of H-pyrrole nitrogens is 1. The Morgan fingerprint density at radius 3 is 2.44 bits per heavy atom. The van der Waals surface area contributed by atoms with Crippen molar-refractivity contribution in [2.45, 2.75) is 34.6 Å². The molecule has 0 spiro atoms. The molecule has 0 amide bonds. The van der Waals surface area contributed by atoms with Crippen LogP contribution in [0.4, 0.5) is 5.69 Å². The lowest BCUT2D eigenvalue weighted by Crippen LogP contribution is -2.17. The quantitative estimate of drug-likeness (QED) is 0.746. The van der Waals surface area contributed by atoms with Crippen LogP contribution in [0.3, 0.4) is 0 Å². The Labute approximate surface area is 146 Å². The Morgan fingerprint density at radius 2 is 1.84 bits per heavy atom. The monoisotopic (exact) mass is 337 g/mol. The summed E-state index contributed by atoms with van der Waals surface area (Å²) in [6, 6.07) is 5.96. The van der Waals surface area contributed by atoms with E-state index >= 15 is 0 Å². The number of aliphatic imine (C=N–C) groups is 1. The summed E-state index contributed by atoms with van der Waals surface area (Å²) in [6.45, 7) is 9.85. The highest BCUT2D eigenvalue weighted by atomic mass is 16.1. The lowest BCUT2D eigenvalue weighted by atomic mass is 10.1. The zero-order valence-corrected chi connectivity index (χ0v) is 15.5. The molecule has 6 heteroatoms. The van der Waals surface area contributed by atoms with Crippen LogP contribution in [0.2, 0.25) is 0 Å². The number of hydrogen-bond acceptors (Lipinski definition) is 3. The topological polar surface area (TPSA) is 68.0 Å². The van der Waals surface area contributed by atoms with Crippen molar-refractivity contribution in [3.8, 4) is 5.69 Å². The largest absolute Gasteiger partial charge is 0.295 e. The fraction of sp³-hybridized carbons (Fsp3) is 0.316. The van der Waals surface area contributed by atoms with Crippen LogP contribution < -0.4 is 5.56 Å². The molecule has 0 radical (unpaired) electrons. The SMILES string of the molecule is Cc1ccc(-n2[nH]c(C)c(C=Nc3c(C)nn(C)c3C)c2=O)cc1C. The molecule has 3 aromatic rings. The van der Waals surface area contributed by atoms with Gasteiger partial charge in [0.15, 0.2) is 0 Å². The Balaban J connectivity index is 2.04. The van der Waals surface area contributed by atoms with E-state index in [2.05, 4.69) is 22.1 Å². The summed E-state index contributed by atoms with van der Waals surface area (Å²) in [7, 11) is 1.88. The first-order valence-electron chi connectivity index (χ1n) is 8.23. The van der Waals surface area contributed by atoms with E-state index < -0.39 is 0 Å². The average Bonchev–Trinajstić information content (AvgIpc) is 2.97. The van der Waals surface area contributed by atoms with Crippen molar-refractivity contribution in [3.05, 3.63) is 62.3 Å². The Bertz CT molecular complexity index is 1030. The van der Waals surface area contributed by atoms with Crippen molar-refractivity contribution < 1.29 is 0 Å². The van der Waals surface area contributed by atoms with Crippen molar-refractivity contribution in [1.29, 1.82) is 0 Å². The van der Waals surface area contributed by atoms with Gasteiger partial charge in [0, 0.05) is 19.0 Å². The molecular weight excluding hydrogens is 314 g/mol. The molecule has 2 aromatic heterocycles. The molecule has 0 aliphatic rings. The second-order valence-electron chi connectivity index (χ2n) is 6.46. The van der Waals surface area contributed by atoms with Gasteiger partial charge in [0.05, 0.1) is 22.6 Å². The normalized spacial score (nSPS) is 11.6. The summed E-state index contributed by atoms with van der Waals surface area (Å²) >= 11 is 0. The molecule has 130 valence electrons. The predicted molar refractivity (Wildman–Crippen MR) is 101 cm³/mol. The van der Waals surface area contributed by atoms with E-state index in [1.54, 1.807) is 15.6 Å². The highest BCUT2D eigenvalue weighted by molar-refractivity contribution is 5.83. The number of aryl methyl sites for hydroxylation is 5. The van der Waals surface area contributed by atoms with Crippen molar-refractivity contribution >= 4 is 11.9 Å². The zero-order chi connectivity index (χ0) is 18.3. The fourth-order valence-electron chi connectivity index (χ4n) is 2.84. The second kappa shape index (κ2) is 6.20. The number of hydrogen-bond donors (Lipinski definition) is 1. The number of aromatic amines is 1. The highest BCUT2D eigenvalue weighted by Crippen LogP contribution is 2.22. The van der Waals surface area contributed by atoms with E-state index in [0.717, 1.165) is 34.0 Å². The number of nitrogens with zero attached hydrogens (tertiary/aromatic N) is 4. The van der Waals surface area contributed by atoms with Crippen LogP contribution in [-0.2, 0) is 7.05 Å². The van der Waals surface area contributed by atoms with Crippen molar-refractivity contribution in [2.75, 3.05) is 0 Å². The minimum atomic E-state index is -0.108. The average molecular weight is 337 g/mol. The summed E-state index contributed by atoms with van der Waals surface area (Å²) in [6.07, 6.45) is 1.63. The van der Waals surface area contributed by atoms with E-state index in [1.807, 2.05) is 52.9 Å². The molecule has 0 fully saturated rings. The summed E-state index contributed by atoms with van der Waals surface area (Å²) < 4.78 is 3.35. The van der Waals surface area contributed by atoms with Gasteiger partial charge in [-0.05, 0) is 57.9 Å². The first-order chi connectivity index (χ1) is 11.8. The molecule has 0 bridgehead atoms. The van der Waals surface area contributed by atoms with Gasteiger partial charge in [0.2, 0.25) is 0 Å². The minimum Gasteiger partial charge on any atom is -0.295 e. The van der Waals surface area contributed by atoms with Crippen molar-refractivity contribution in [3.63, 3.8) is 0 Å². The molecule has 0 aliphatic carbocycles. The van der Waals surface area contributed by atoms with E-state index in [4.69, 9.17) is 0 Å². The van der Waals surface area contributed by atoms with Crippen LogP contribution in [-0.4, -0.2) is 25.8 Å². The first kappa shape index (κ1) is 17.0. The molecule has 6 nitrogen and oxygen atoms in total. The standard InChI is InChI=1S/C19H23N5O/c1-11-7-8-16(9-12(11)2)24-19(25)17(13(3)22-24)10-20-18-14(4)21-23(6)15(18)5/h7-10,22H,1-6H3. The van der Waals surface area contributed by atoms with E-state index in [9.17, 15) is 4.79 Å². The summed E-state index contributed by atoms with van der Waals surface area (Å²) in [4.78, 5) is 17.3. The highest BCUT2D eigenvalue weighted by Gasteiger charge is 2.13. The number of nitrogens with one attached hydrogen (secondary N) is 1. The number of aromatic nitrogens is 4. The number of benzene rings is 1. The van der Waals surface area contributed by atoms with Gasteiger partial charge in [-0.2, -0.15) is 5.10 Å². The molecule has 0 atom stereocenters. The van der Waals surface area contributed by atoms with Gasteiger partial charge in [-0.1, -0.05) is 6.07 Å². The smallest absolute Gasteiger partial charge is 0.280 e. The van der Waals surface area contributed by atoms with Crippen molar-refractivity contribution in [1.82, 2.24) is 19.6 Å². The van der Waals surface area contributed by atoms with Crippen LogP contribution in [0, 0.1) is 34.6 Å². The fourth-order valence-corrected chi connectivity index (χ4v) is 2.84. The molecule has 3 rings (SSSR count). The lowest BCUT2D eigenvalue weighted by molar-refractivity contribution is 0.731. The van der Waals surface area contributed by atoms with Gasteiger partial charge in [-0.25, -0.2) is 4.68 Å². The van der Waals surface area contributed by atoms with Crippen LogP contribution in [0.5, 0.6) is 0 Å². The van der Waals surface area contributed by atoms with Gasteiger partial charge in [-0.15, -0.1) is 0 Å². The summed E-state index contributed by atoms with van der Waals surface area (Å²) in [5.41, 5.74) is 7.02. The van der Waals surface area contributed by atoms with Gasteiger partial charge >= 0.3 is 0 Å². The molecule has 1 N–H and O–H groups in total. The Hall–Kier alpha value is -2.89. The maximum Gasteiger partial charge on any atom is 0.280 e. The Morgan fingerprint density at radius 1 is 1.12 bits per heavy atom. The lowest BCUT2D eigenvalue weighted by Gasteiger charge is -2.05. The maximum absolute atomic E-state index is 12.8. The minimum absolute atomic E-state index is 0.108. The first-order valence-corrected chi connectivity index (χ1v) is 8.23. The molecule has 1 aromatic carbocycles. The zero-order valence-electron chi connectivity index (χ0n) is 15.5. The van der Waals surface area contributed by atoms with Crippen molar-refractivity contribution in [2.24, 2.45) is 12.0 Å². The van der Waals surface area contributed by atoms with Gasteiger partial charge < -0.3 is 0 Å². The van der Waals surface area contributed by atoms with Crippen LogP contribution in [0.15, 0.2) is 28.0 Å². The van der Waals surface area contributed by atoms with Crippen LogP contribution in [0.25, 0.3) is 5.69 Å². The maximum atomic E-state index is 12.8. The third-order valence-electron chi connectivity index (χ3n) is 4.66. The molecule has 0 aliphatic heterocycles. The second-order valence-corrected chi connectivity index (χ2v) is 6.46. The van der Waals surface area contributed by atoms with Gasteiger partial charge in [0.1, 0.15) is 5.69 Å². The molecule has 0 unspecified atom stereocenters. The molecule has 0 saturated carbocycles. The third-order valence-corrected chi connectivity index (χ3v) is 4.66. The summed E-state index contributed by atoms with van der Waals surface area (Å²) in [5.74, 6) is 0. The van der Waals surface area contributed by atoms with E-state index in [0.29, 0.717) is 5.56 Å². The predicted octanol–water partition coefficient (Wildman–Crippen LogP) is 3.19. The van der Waals surface area contributed by atoms with Gasteiger partial charge in [0.25, 0.3) is 5.56 Å². The third kappa shape index (κ3) is 2.95. The Kier molecular flexibility index (Phi) is 4.20. The van der Waals surface area contributed by atoms with Crippen LogP contribution in [0.1, 0.15) is 33.8 Å². The molecular formula is C19H23N5O. The van der Waals surface area contributed by atoms with E-state index in [-0.39, 0.29) is 5.56 Å². The molecule has 0 saturated heterocycles. The molecule has 25 heavy (non-hydrogen) atoms. The summed E-state index contributed by atoms with van der Waals surface area (Å²) in [5, 5.41) is 7.49. The van der Waals surface area contributed by atoms with Crippen LogP contribution >= 0.6 is 0 Å². The van der Waals surface area contributed by atoms with E-state index in [1.165, 1.54) is 5.56 Å². The van der Waals surface area contributed by atoms with Gasteiger partial charge in [-0.3, -0.25) is 19.6 Å². The molecule has 2 heterocycles. The number of rotatable bonds is 3.